The fraction of sp³-hybridized carbons (Fsp3) is 0.647. The van der Waals surface area contributed by atoms with E-state index in [0.29, 0.717) is 12.7 Å². The van der Waals surface area contributed by atoms with Crippen LogP contribution in [0.25, 0.3) is 0 Å². The molecule has 0 aromatic heterocycles. The Bertz CT molecular complexity index is 442. The van der Waals surface area contributed by atoms with E-state index in [2.05, 4.69) is 6.92 Å². The summed E-state index contributed by atoms with van der Waals surface area (Å²) in [6, 6.07) is 5.49. The van der Waals surface area contributed by atoms with Gasteiger partial charge in [0.1, 0.15) is 11.5 Å². The molecule has 0 aliphatic heterocycles. The largest absolute Gasteiger partial charge is 0.497 e. The molecule has 118 valence electrons. The van der Waals surface area contributed by atoms with Crippen molar-refractivity contribution in [1.82, 2.24) is 0 Å². The van der Waals surface area contributed by atoms with Crippen LogP contribution >= 0.6 is 0 Å². The van der Waals surface area contributed by atoms with Crippen LogP contribution in [0.5, 0.6) is 11.5 Å². The van der Waals surface area contributed by atoms with Crippen molar-refractivity contribution in [2.75, 3.05) is 20.8 Å². The van der Waals surface area contributed by atoms with Gasteiger partial charge in [-0.25, -0.2) is 0 Å². The maximum atomic E-state index is 6.28. The Balaban J connectivity index is 1.94. The summed E-state index contributed by atoms with van der Waals surface area (Å²) in [7, 11) is 3.30. The summed E-state index contributed by atoms with van der Waals surface area (Å²) in [4.78, 5) is 0. The predicted molar refractivity (Wildman–Crippen MR) is 83.8 cm³/mol. The quantitative estimate of drug-likeness (QED) is 0.874. The van der Waals surface area contributed by atoms with Gasteiger partial charge in [0.25, 0.3) is 0 Å². The monoisotopic (exact) mass is 293 g/mol. The van der Waals surface area contributed by atoms with Crippen LogP contribution in [0, 0.1) is 5.92 Å². The van der Waals surface area contributed by atoms with Gasteiger partial charge in [-0.2, -0.15) is 0 Å². The Hall–Kier alpha value is -1.26. The molecule has 4 heteroatoms. The van der Waals surface area contributed by atoms with E-state index >= 15 is 0 Å². The SMILES string of the molecule is COc1ccc(OC)c(C(N)COC2CCC(C)CC2)c1. The summed E-state index contributed by atoms with van der Waals surface area (Å²) in [6.45, 7) is 2.83. The van der Waals surface area contributed by atoms with Gasteiger partial charge in [-0.1, -0.05) is 6.92 Å². The molecule has 1 saturated carbocycles. The van der Waals surface area contributed by atoms with E-state index < -0.39 is 0 Å². The van der Waals surface area contributed by atoms with Crippen LogP contribution in [0.1, 0.15) is 44.2 Å². The zero-order valence-electron chi connectivity index (χ0n) is 13.3. The Labute approximate surface area is 127 Å². The molecule has 1 unspecified atom stereocenters. The lowest BCUT2D eigenvalue weighted by molar-refractivity contribution is 0.0123. The van der Waals surface area contributed by atoms with Crippen LogP contribution in [0.4, 0.5) is 0 Å². The minimum absolute atomic E-state index is 0.200. The minimum atomic E-state index is -0.200. The molecule has 1 aliphatic rings. The van der Waals surface area contributed by atoms with Gasteiger partial charge in [-0.05, 0) is 49.8 Å². The molecule has 0 saturated heterocycles. The van der Waals surface area contributed by atoms with Crippen LogP contribution in [-0.2, 0) is 4.74 Å². The average Bonchev–Trinajstić information content (AvgIpc) is 2.53. The van der Waals surface area contributed by atoms with Gasteiger partial charge in [0, 0.05) is 5.56 Å². The Kier molecular flexibility index (Phi) is 5.88. The minimum Gasteiger partial charge on any atom is -0.497 e. The predicted octanol–water partition coefficient (Wildman–Crippen LogP) is 3.30. The Morgan fingerprint density at radius 2 is 1.86 bits per heavy atom. The summed E-state index contributed by atoms with van der Waals surface area (Å²) in [5.74, 6) is 2.40. The standard InChI is InChI=1S/C17H27NO3/c1-12-4-6-13(7-5-12)21-11-16(18)15-10-14(19-2)8-9-17(15)20-3/h8-10,12-13,16H,4-7,11,18H2,1-3H3. The van der Waals surface area contributed by atoms with Crippen molar-refractivity contribution in [2.24, 2.45) is 11.7 Å². The highest BCUT2D eigenvalue weighted by atomic mass is 16.5. The third-order valence-electron chi connectivity index (χ3n) is 4.31. The maximum absolute atomic E-state index is 6.28. The number of benzene rings is 1. The van der Waals surface area contributed by atoms with Gasteiger partial charge in [-0.3, -0.25) is 0 Å². The summed E-state index contributed by atoms with van der Waals surface area (Å²) < 4.78 is 16.6. The number of hydrogen-bond acceptors (Lipinski definition) is 4. The summed E-state index contributed by atoms with van der Waals surface area (Å²) in [5, 5.41) is 0. The first-order chi connectivity index (χ1) is 10.1. The van der Waals surface area contributed by atoms with E-state index in [9.17, 15) is 0 Å². The molecule has 1 aromatic carbocycles. The van der Waals surface area contributed by atoms with Gasteiger partial charge in [0.05, 0.1) is 33.0 Å². The van der Waals surface area contributed by atoms with E-state index in [1.807, 2.05) is 18.2 Å². The van der Waals surface area contributed by atoms with Crippen LogP contribution in [0.2, 0.25) is 0 Å². The number of nitrogens with two attached hydrogens (primary N) is 1. The normalized spacial score (nSPS) is 23.6. The first kappa shape index (κ1) is 16.1. The second-order valence-corrected chi connectivity index (χ2v) is 5.93. The second kappa shape index (κ2) is 7.66. The number of rotatable bonds is 6. The molecule has 1 aliphatic carbocycles. The topological polar surface area (TPSA) is 53.7 Å². The van der Waals surface area contributed by atoms with Crippen molar-refractivity contribution in [1.29, 1.82) is 0 Å². The van der Waals surface area contributed by atoms with Gasteiger partial charge >= 0.3 is 0 Å². The third-order valence-corrected chi connectivity index (χ3v) is 4.31. The van der Waals surface area contributed by atoms with Crippen molar-refractivity contribution in [3.05, 3.63) is 23.8 Å². The number of methoxy groups -OCH3 is 2. The molecular weight excluding hydrogens is 266 g/mol. The first-order valence-corrected chi connectivity index (χ1v) is 7.73. The maximum Gasteiger partial charge on any atom is 0.123 e. The molecular formula is C17H27NO3. The molecule has 0 spiro atoms. The van der Waals surface area contributed by atoms with Crippen molar-refractivity contribution in [3.8, 4) is 11.5 Å². The van der Waals surface area contributed by atoms with Crippen molar-refractivity contribution in [2.45, 2.75) is 44.8 Å². The zero-order valence-corrected chi connectivity index (χ0v) is 13.3. The van der Waals surface area contributed by atoms with Crippen molar-refractivity contribution >= 4 is 0 Å². The molecule has 1 atom stereocenters. The van der Waals surface area contributed by atoms with Crippen LogP contribution in [0.3, 0.4) is 0 Å². The van der Waals surface area contributed by atoms with Gasteiger partial charge < -0.3 is 19.9 Å². The molecule has 0 amide bonds. The second-order valence-electron chi connectivity index (χ2n) is 5.93. The molecule has 21 heavy (non-hydrogen) atoms. The fourth-order valence-electron chi connectivity index (χ4n) is 2.85. The van der Waals surface area contributed by atoms with Gasteiger partial charge in [0.2, 0.25) is 0 Å². The zero-order chi connectivity index (χ0) is 15.2. The molecule has 2 rings (SSSR count). The summed E-state index contributed by atoms with van der Waals surface area (Å²) in [5.41, 5.74) is 7.21. The molecule has 0 bridgehead atoms. The molecule has 0 heterocycles. The molecule has 1 fully saturated rings. The van der Waals surface area contributed by atoms with E-state index in [1.165, 1.54) is 12.8 Å². The Morgan fingerprint density at radius 1 is 1.14 bits per heavy atom. The number of hydrogen-bond donors (Lipinski definition) is 1. The smallest absolute Gasteiger partial charge is 0.123 e. The molecule has 4 nitrogen and oxygen atoms in total. The first-order valence-electron chi connectivity index (χ1n) is 7.73. The molecule has 0 radical (unpaired) electrons. The van der Waals surface area contributed by atoms with Gasteiger partial charge in [0.15, 0.2) is 0 Å². The fourth-order valence-corrected chi connectivity index (χ4v) is 2.85. The van der Waals surface area contributed by atoms with E-state index in [4.69, 9.17) is 19.9 Å². The van der Waals surface area contributed by atoms with Crippen LogP contribution in [0.15, 0.2) is 18.2 Å². The highest BCUT2D eigenvalue weighted by molar-refractivity contribution is 5.42. The third kappa shape index (κ3) is 4.35. The number of ether oxygens (including phenoxy) is 3. The van der Waals surface area contributed by atoms with E-state index in [-0.39, 0.29) is 6.04 Å². The van der Waals surface area contributed by atoms with Crippen molar-refractivity contribution < 1.29 is 14.2 Å². The lowest BCUT2D eigenvalue weighted by Crippen LogP contribution is -2.25. The molecule has 1 aromatic rings. The van der Waals surface area contributed by atoms with Gasteiger partial charge in [-0.15, -0.1) is 0 Å². The highest BCUT2D eigenvalue weighted by Gasteiger charge is 2.20. The van der Waals surface area contributed by atoms with E-state index in [0.717, 1.165) is 35.8 Å². The Morgan fingerprint density at radius 3 is 2.48 bits per heavy atom. The van der Waals surface area contributed by atoms with Crippen LogP contribution in [-0.4, -0.2) is 26.9 Å². The average molecular weight is 293 g/mol. The highest BCUT2D eigenvalue weighted by Crippen LogP contribution is 2.30. The summed E-state index contributed by atoms with van der Waals surface area (Å²) >= 11 is 0. The van der Waals surface area contributed by atoms with Crippen LogP contribution < -0.4 is 15.2 Å². The molecule has 2 N–H and O–H groups in total. The summed E-state index contributed by atoms with van der Waals surface area (Å²) in [6.07, 6.45) is 5.14. The lowest BCUT2D eigenvalue weighted by atomic mass is 9.89. The lowest BCUT2D eigenvalue weighted by Gasteiger charge is -2.27. The van der Waals surface area contributed by atoms with Crippen molar-refractivity contribution in [3.63, 3.8) is 0 Å². The van der Waals surface area contributed by atoms with E-state index in [1.54, 1.807) is 14.2 Å².